The molecule has 2 unspecified atom stereocenters. The maximum absolute atomic E-state index is 11.5. The van der Waals surface area contributed by atoms with Gasteiger partial charge in [0, 0.05) is 0 Å². The molecular formula is C20H42O4S. The highest BCUT2D eigenvalue weighted by molar-refractivity contribution is 7.86. The third kappa shape index (κ3) is 17.1. The van der Waals surface area contributed by atoms with E-state index in [2.05, 4.69) is 6.92 Å². The average molecular weight is 379 g/mol. The van der Waals surface area contributed by atoms with Crippen molar-refractivity contribution in [2.75, 3.05) is 0 Å². The van der Waals surface area contributed by atoms with Crippen LogP contribution in [-0.2, 0) is 10.1 Å². The van der Waals surface area contributed by atoms with Gasteiger partial charge in [-0.05, 0) is 26.2 Å². The highest BCUT2D eigenvalue weighted by Crippen LogP contribution is 2.19. The third-order valence-electron chi connectivity index (χ3n) is 4.95. The highest BCUT2D eigenvalue weighted by Gasteiger charge is 2.21. The summed E-state index contributed by atoms with van der Waals surface area (Å²) in [5.41, 5.74) is 0. The Morgan fingerprint density at radius 1 is 0.680 bits per heavy atom. The first kappa shape index (κ1) is 24.9. The molecule has 0 aliphatic carbocycles. The van der Waals surface area contributed by atoms with E-state index in [9.17, 15) is 18.1 Å². The zero-order valence-corrected chi connectivity index (χ0v) is 17.4. The van der Waals surface area contributed by atoms with Gasteiger partial charge in [0.2, 0.25) is 0 Å². The van der Waals surface area contributed by atoms with Crippen LogP contribution in [0.1, 0.15) is 117 Å². The largest absolute Gasteiger partial charge is 0.393 e. The average Bonchev–Trinajstić information content (AvgIpc) is 2.53. The first-order valence-electron chi connectivity index (χ1n) is 10.5. The lowest BCUT2D eigenvalue weighted by Crippen LogP contribution is -2.20. The van der Waals surface area contributed by atoms with Gasteiger partial charge in [0.1, 0.15) is 0 Å². The molecule has 0 fully saturated rings. The number of rotatable bonds is 18. The minimum Gasteiger partial charge on any atom is -0.393 e. The Kier molecular flexibility index (Phi) is 16.0. The fraction of sp³-hybridized carbons (Fsp3) is 1.00. The Morgan fingerprint density at radius 3 is 1.40 bits per heavy atom. The van der Waals surface area contributed by atoms with E-state index in [0.717, 1.165) is 57.8 Å². The van der Waals surface area contributed by atoms with Crippen molar-refractivity contribution < 1.29 is 18.1 Å². The van der Waals surface area contributed by atoms with E-state index in [4.69, 9.17) is 0 Å². The van der Waals surface area contributed by atoms with E-state index in [1.54, 1.807) is 0 Å². The molecule has 0 spiro atoms. The third-order valence-corrected chi connectivity index (χ3v) is 6.26. The van der Waals surface area contributed by atoms with E-state index in [-0.39, 0.29) is 6.10 Å². The molecule has 0 saturated carbocycles. The molecule has 0 rings (SSSR count). The van der Waals surface area contributed by atoms with Gasteiger partial charge in [-0.3, -0.25) is 4.55 Å². The van der Waals surface area contributed by atoms with Crippen LogP contribution in [0.4, 0.5) is 0 Å². The summed E-state index contributed by atoms with van der Waals surface area (Å²) < 4.78 is 32.3. The quantitative estimate of drug-likeness (QED) is 0.230. The monoisotopic (exact) mass is 378 g/mol. The van der Waals surface area contributed by atoms with Gasteiger partial charge >= 0.3 is 0 Å². The van der Waals surface area contributed by atoms with E-state index in [1.165, 1.54) is 32.1 Å². The lowest BCUT2D eigenvalue weighted by atomic mass is 10.0. The molecule has 25 heavy (non-hydrogen) atoms. The van der Waals surface area contributed by atoms with Crippen LogP contribution in [0.2, 0.25) is 0 Å². The van der Waals surface area contributed by atoms with Gasteiger partial charge in [-0.1, -0.05) is 90.4 Å². The zero-order valence-electron chi connectivity index (χ0n) is 16.6. The van der Waals surface area contributed by atoms with Crippen LogP contribution in [0.25, 0.3) is 0 Å². The van der Waals surface area contributed by atoms with Crippen LogP contribution < -0.4 is 0 Å². The van der Waals surface area contributed by atoms with E-state index < -0.39 is 15.4 Å². The fourth-order valence-corrected chi connectivity index (χ4v) is 4.22. The molecule has 0 heterocycles. The van der Waals surface area contributed by atoms with Gasteiger partial charge in [-0.15, -0.1) is 0 Å². The molecule has 0 amide bonds. The molecule has 0 aromatic rings. The van der Waals surface area contributed by atoms with Crippen molar-refractivity contribution in [2.45, 2.75) is 128 Å². The Morgan fingerprint density at radius 2 is 1.04 bits per heavy atom. The van der Waals surface area contributed by atoms with Gasteiger partial charge in [0.15, 0.2) is 0 Å². The molecule has 0 aromatic carbocycles. The molecule has 0 bridgehead atoms. The van der Waals surface area contributed by atoms with Crippen molar-refractivity contribution >= 4 is 10.1 Å². The van der Waals surface area contributed by atoms with Gasteiger partial charge in [-0.25, -0.2) is 0 Å². The topological polar surface area (TPSA) is 74.6 Å². The van der Waals surface area contributed by atoms with Crippen LogP contribution in [0.5, 0.6) is 0 Å². The lowest BCUT2D eigenvalue weighted by Gasteiger charge is -2.13. The molecule has 2 N–H and O–H groups in total. The molecular weight excluding hydrogens is 336 g/mol. The summed E-state index contributed by atoms with van der Waals surface area (Å²) in [5, 5.41) is 8.63. The molecule has 0 saturated heterocycles. The minimum atomic E-state index is -3.89. The van der Waals surface area contributed by atoms with Gasteiger partial charge in [-0.2, -0.15) is 8.42 Å². The predicted octanol–water partition coefficient (Wildman–Crippen LogP) is 5.89. The van der Waals surface area contributed by atoms with Gasteiger partial charge in [0.05, 0.1) is 11.4 Å². The van der Waals surface area contributed by atoms with Crippen molar-refractivity contribution in [3.05, 3.63) is 0 Å². The standard InChI is InChI=1S/C20H42O4S/c1-3-4-5-14-17-20(25(22,23)24)18-15-12-10-8-6-7-9-11-13-16-19(2)21/h19-21H,3-18H2,1-2H3,(H,22,23,24). The SMILES string of the molecule is CCCCCCC(CCCCCCCCCCCC(C)O)S(=O)(=O)O. The van der Waals surface area contributed by atoms with E-state index in [0.29, 0.717) is 12.8 Å². The highest BCUT2D eigenvalue weighted by atomic mass is 32.2. The van der Waals surface area contributed by atoms with Crippen molar-refractivity contribution in [1.29, 1.82) is 0 Å². The summed E-state index contributed by atoms with van der Waals surface area (Å²) >= 11 is 0. The van der Waals surface area contributed by atoms with Crippen LogP contribution in [0, 0.1) is 0 Å². The molecule has 0 radical (unpaired) electrons. The fourth-order valence-electron chi connectivity index (χ4n) is 3.29. The molecule has 0 aliphatic heterocycles. The van der Waals surface area contributed by atoms with Crippen molar-refractivity contribution in [3.8, 4) is 0 Å². The van der Waals surface area contributed by atoms with E-state index >= 15 is 0 Å². The second-order valence-electron chi connectivity index (χ2n) is 7.59. The molecule has 152 valence electrons. The molecule has 0 aromatic heterocycles. The second-order valence-corrected chi connectivity index (χ2v) is 9.29. The van der Waals surface area contributed by atoms with Gasteiger partial charge < -0.3 is 5.11 Å². The summed E-state index contributed by atoms with van der Waals surface area (Å²) in [4.78, 5) is 0. The summed E-state index contributed by atoms with van der Waals surface area (Å²) in [7, 11) is -3.89. The Hall–Kier alpha value is -0.130. The summed E-state index contributed by atoms with van der Waals surface area (Å²) in [5.74, 6) is 0. The Balaban J connectivity index is 3.58. The first-order valence-corrected chi connectivity index (χ1v) is 12.0. The van der Waals surface area contributed by atoms with Crippen molar-refractivity contribution in [1.82, 2.24) is 0 Å². The van der Waals surface area contributed by atoms with E-state index in [1.807, 2.05) is 6.92 Å². The Labute approximate surface area is 156 Å². The van der Waals surface area contributed by atoms with Crippen molar-refractivity contribution in [2.24, 2.45) is 0 Å². The summed E-state index contributed by atoms with van der Waals surface area (Å²) in [6.45, 7) is 3.98. The number of aliphatic hydroxyl groups excluding tert-OH is 1. The Bertz CT molecular complexity index is 379. The van der Waals surface area contributed by atoms with Crippen LogP contribution in [0.3, 0.4) is 0 Å². The normalized spacial score (nSPS) is 14.6. The predicted molar refractivity (Wildman–Crippen MR) is 107 cm³/mol. The maximum atomic E-state index is 11.5. The smallest absolute Gasteiger partial charge is 0.267 e. The molecule has 4 nitrogen and oxygen atoms in total. The van der Waals surface area contributed by atoms with Gasteiger partial charge in [0.25, 0.3) is 10.1 Å². The molecule has 5 heteroatoms. The number of hydrogen-bond donors (Lipinski definition) is 2. The number of hydrogen-bond acceptors (Lipinski definition) is 3. The summed E-state index contributed by atoms with van der Waals surface area (Å²) in [6.07, 6.45) is 16.6. The number of aliphatic hydroxyl groups is 1. The number of unbranched alkanes of at least 4 members (excludes halogenated alkanes) is 11. The molecule has 2 atom stereocenters. The molecule has 0 aliphatic rings. The first-order chi connectivity index (χ1) is 11.9. The zero-order chi connectivity index (χ0) is 19.0. The summed E-state index contributed by atoms with van der Waals surface area (Å²) in [6, 6.07) is 0. The minimum absolute atomic E-state index is 0.168. The lowest BCUT2D eigenvalue weighted by molar-refractivity contribution is 0.180. The maximum Gasteiger partial charge on any atom is 0.267 e. The van der Waals surface area contributed by atoms with Crippen LogP contribution in [0.15, 0.2) is 0 Å². The van der Waals surface area contributed by atoms with Crippen molar-refractivity contribution in [3.63, 3.8) is 0 Å². The second kappa shape index (κ2) is 16.1. The van der Waals surface area contributed by atoms with Crippen LogP contribution >= 0.6 is 0 Å². The van der Waals surface area contributed by atoms with Crippen LogP contribution in [-0.4, -0.2) is 29.4 Å².